The van der Waals surface area contributed by atoms with Gasteiger partial charge in [0.1, 0.15) is 0 Å². The molecule has 3 heteroatoms. The van der Waals surface area contributed by atoms with Gasteiger partial charge in [-0.25, -0.2) is 0 Å². The summed E-state index contributed by atoms with van der Waals surface area (Å²) in [5.41, 5.74) is 5.61. The first kappa shape index (κ1) is 7.98. The maximum absolute atomic E-state index is 5.61. The van der Waals surface area contributed by atoms with Crippen LogP contribution in [0.5, 0.6) is 0 Å². The Morgan fingerprint density at radius 1 is 1.60 bits per heavy atom. The Morgan fingerprint density at radius 3 is 2.40 bits per heavy atom. The molecule has 0 amide bonds. The van der Waals surface area contributed by atoms with Crippen molar-refractivity contribution >= 4 is 0 Å². The lowest BCUT2D eigenvalue weighted by atomic mass is 10.2. The van der Waals surface area contributed by atoms with E-state index in [-0.39, 0.29) is 12.1 Å². The molecule has 2 N–H and O–H groups in total. The lowest BCUT2D eigenvalue weighted by Crippen LogP contribution is -2.34. The van der Waals surface area contributed by atoms with Gasteiger partial charge in [-0.1, -0.05) is 0 Å². The SMILES string of the molecule is C[C@@H](N)[C@@H]1COC(C)(C)O1. The van der Waals surface area contributed by atoms with Gasteiger partial charge >= 0.3 is 0 Å². The monoisotopic (exact) mass is 145 g/mol. The molecule has 3 nitrogen and oxygen atoms in total. The molecule has 1 aliphatic rings. The van der Waals surface area contributed by atoms with Crippen LogP contribution in [-0.2, 0) is 9.47 Å². The van der Waals surface area contributed by atoms with Crippen molar-refractivity contribution < 1.29 is 9.47 Å². The molecular formula is C7H15NO2. The molecule has 0 radical (unpaired) electrons. The Hall–Kier alpha value is -0.120. The van der Waals surface area contributed by atoms with Crippen molar-refractivity contribution in [1.82, 2.24) is 0 Å². The zero-order valence-electron chi connectivity index (χ0n) is 6.76. The van der Waals surface area contributed by atoms with E-state index in [9.17, 15) is 0 Å². The molecule has 0 aromatic carbocycles. The van der Waals surface area contributed by atoms with Crippen LogP contribution in [-0.4, -0.2) is 24.5 Å². The van der Waals surface area contributed by atoms with Crippen LogP contribution in [0.3, 0.4) is 0 Å². The lowest BCUT2D eigenvalue weighted by molar-refractivity contribution is -0.140. The van der Waals surface area contributed by atoms with E-state index in [4.69, 9.17) is 15.2 Å². The maximum atomic E-state index is 5.61. The largest absolute Gasteiger partial charge is 0.348 e. The topological polar surface area (TPSA) is 44.5 Å². The second kappa shape index (κ2) is 2.49. The number of hydrogen-bond acceptors (Lipinski definition) is 3. The number of nitrogens with two attached hydrogens (primary N) is 1. The number of ether oxygens (including phenoxy) is 2. The molecule has 1 saturated heterocycles. The van der Waals surface area contributed by atoms with Crippen LogP contribution in [0.15, 0.2) is 0 Å². The summed E-state index contributed by atoms with van der Waals surface area (Å²) in [5, 5.41) is 0. The number of rotatable bonds is 1. The highest BCUT2D eigenvalue weighted by Crippen LogP contribution is 2.23. The van der Waals surface area contributed by atoms with Gasteiger partial charge in [-0.15, -0.1) is 0 Å². The van der Waals surface area contributed by atoms with Crippen molar-refractivity contribution in [3.05, 3.63) is 0 Å². The first-order valence-corrected chi connectivity index (χ1v) is 3.58. The van der Waals surface area contributed by atoms with Gasteiger partial charge in [-0.3, -0.25) is 0 Å². The highest BCUT2D eigenvalue weighted by molar-refractivity contribution is 4.76. The van der Waals surface area contributed by atoms with E-state index < -0.39 is 5.79 Å². The molecule has 2 atom stereocenters. The van der Waals surface area contributed by atoms with Crippen molar-refractivity contribution in [2.45, 2.75) is 38.7 Å². The van der Waals surface area contributed by atoms with Gasteiger partial charge < -0.3 is 15.2 Å². The van der Waals surface area contributed by atoms with Crippen molar-refractivity contribution in [3.63, 3.8) is 0 Å². The summed E-state index contributed by atoms with van der Waals surface area (Å²) >= 11 is 0. The quantitative estimate of drug-likeness (QED) is 0.584. The average Bonchev–Trinajstić information content (AvgIpc) is 2.10. The third-order valence-corrected chi connectivity index (χ3v) is 1.62. The highest BCUT2D eigenvalue weighted by atomic mass is 16.7. The van der Waals surface area contributed by atoms with Gasteiger partial charge in [-0.2, -0.15) is 0 Å². The first-order valence-electron chi connectivity index (χ1n) is 3.58. The van der Waals surface area contributed by atoms with Crippen LogP contribution in [0.1, 0.15) is 20.8 Å². The van der Waals surface area contributed by atoms with Gasteiger partial charge in [0, 0.05) is 6.04 Å². The fraction of sp³-hybridized carbons (Fsp3) is 1.00. The molecule has 1 fully saturated rings. The summed E-state index contributed by atoms with van der Waals surface area (Å²) < 4.78 is 10.8. The molecule has 0 saturated carbocycles. The summed E-state index contributed by atoms with van der Waals surface area (Å²) in [4.78, 5) is 0. The Balaban J connectivity index is 2.43. The molecular weight excluding hydrogens is 130 g/mol. The molecule has 0 spiro atoms. The van der Waals surface area contributed by atoms with E-state index in [0.29, 0.717) is 6.61 Å². The Bertz CT molecular complexity index is 123. The smallest absolute Gasteiger partial charge is 0.163 e. The maximum Gasteiger partial charge on any atom is 0.163 e. The standard InChI is InChI=1S/C7H15NO2/c1-5(8)6-4-9-7(2,3)10-6/h5-6H,4,8H2,1-3H3/t5-,6+/m1/s1. The van der Waals surface area contributed by atoms with Crippen molar-refractivity contribution in [2.75, 3.05) is 6.61 Å². The molecule has 0 aliphatic carbocycles. The number of hydrogen-bond donors (Lipinski definition) is 1. The van der Waals surface area contributed by atoms with Gasteiger partial charge in [-0.05, 0) is 20.8 Å². The van der Waals surface area contributed by atoms with Crippen molar-refractivity contribution in [2.24, 2.45) is 5.73 Å². The van der Waals surface area contributed by atoms with E-state index in [0.717, 1.165) is 0 Å². The fourth-order valence-electron chi connectivity index (χ4n) is 0.975. The highest BCUT2D eigenvalue weighted by Gasteiger charge is 2.34. The van der Waals surface area contributed by atoms with Crippen molar-refractivity contribution in [1.29, 1.82) is 0 Å². The molecule has 0 aromatic heterocycles. The normalized spacial score (nSPS) is 34.2. The zero-order chi connectivity index (χ0) is 7.78. The molecule has 0 unspecified atom stereocenters. The summed E-state index contributed by atoms with van der Waals surface area (Å²) in [5.74, 6) is -0.432. The summed E-state index contributed by atoms with van der Waals surface area (Å²) in [7, 11) is 0. The summed E-state index contributed by atoms with van der Waals surface area (Å²) in [6.07, 6.45) is 0.0648. The molecule has 0 bridgehead atoms. The minimum atomic E-state index is -0.432. The third-order valence-electron chi connectivity index (χ3n) is 1.62. The summed E-state index contributed by atoms with van der Waals surface area (Å²) in [6.45, 7) is 6.34. The Morgan fingerprint density at radius 2 is 2.20 bits per heavy atom. The minimum absolute atomic E-state index is 0.0572. The summed E-state index contributed by atoms with van der Waals surface area (Å²) in [6, 6.07) is 0.0572. The minimum Gasteiger partial charge on any atom is -0.348 e. The van der Waals surface area contributed by atoms with Gasteiger partial charge in [0.15, 0.2) is 5.79 Å². The molecule has 60 valence electrons. The van der Waals surface area contributed by atoms with E-state index in [1.807, 2.05) is 20.8 Å². The second-order valence-electron chi connectivity index (χ2n) is 3.23. The molecule has 1 aliphatic heterocycles. The Labute approximate surface area is 61.5 Å². The predicted octanol–water partition coefficient (Wildman–Crippen LogP) is 0.485. The fourth-order valence-corrected chi connectivity index (χ4v) is 0.975. The lowest BCUT2D eigenvalue weighted by Gasteiger charge is -2.18. The van der Waals surface area contributed by atoms with Gasteiger partial charge in [0.05, 0.1) is 12.7 Å². The van der Waals surface area contributed by atoms with Crippen molar-refractivity contribution in [3.8, 4) is 0 Å². The Kier molecular flexibility index (Phi) is 1.99. The second-order valence-corrected chi connectivity index (χ2v) is 3.23. The van der Waals surface area contributed by atoms with Gasteiger partial charge in [0.2, 0.25) is 0 Å². The first-order chi connectivity index (χ1) is 4.51. The predicted molar refractivity (Wildman–Crippen MR) is 38.6 cm³/mol. The molecule has 10 heavy (non-hydrogen) atoms. The molecule has 1 heterocycles. The van der Waals surface area contributed by atoms with Crippen LogP contribution >= 0.6 is 0 Å². The average molecular weight is 145 g/mol. The molecule has 0 aromatic rings. The van der Waals surface area contributed by atoms with Crippen LogP contribution in [0, 0.1) is 0 Å². The zero-order valence-corrected chi connectivity index (χ0v) is 6.76. The van der Waals surface area contributed by atoms with Crippen LogP contribution in [0.4, 0.5) is 0 Å². The van der Waals surface area contributed by atoms with Crippen LogP contribution < -0.4 is 5.73 Å². The molecule has 1 rings (SSSR count). The van der Waals surface area contributed by atoms with E-state index in [1.165, 1.54) is 0 Å². The van der Waals surface area contributed by atoms with E-state index in [2.05, 4.69) is 0 Å². The van der Waals surface area contributed by atoms with Crippen LogP contribution in [0.2, 0.25) is 0 Å². The van der Waals surface area contributed by atoms with E-state index in [1.54, 1.807) is 0 Å². The van der Waals surface area contributed by atoms with E-state index >= 15 is 0 Å². The third kappa shape index (κ3) is 1.68. The van der Waals surface area contributed by atoms with Crippen LogP contribution in [0.25, 0.3) is 0 Å². The van der Waals surface area contributed by atoms with Gasteiger partial charge in [0.25, 0.3) is 0 Å².